The fourth-order valence-electron chi connectivity index (χ4n) is 8.37. The molecular formula is C24H38O4. The van der Waals surface area contributed by atoms with Gasteiger partial charge in [-0.2, -0.15) is 0 Å². The van der Waals surface area contributed by atoms with Crippen molar-refractivity contribution in [3.05, 3.63) is 0 Å². The first-order chi connectivity index (χ1) is 13.1. The number of hydrogen-bond donors (Lipinski definition) is 1. The van der Waals surface area contributed by atoms with Crippen LogP contribution in [0.25, 0.3) is 0 Å². The first-order valence-electron chi connectivity index (χ1n) is 11.5. The van der Waals surface area contributed by atoms with Gasteiger partial charge in [-0.1, -0.05) is 33.6 Å². The number of carbonyl (C=O) groups is 2. The number of hydrogen-bond acceptors (Lipinski definition) is 4. The monoisotopic (exact) mass is 390 g/mol. The zero-order valence-electron chi connectivity index (χ0n) is 18.2. The lowest BCUT2D eigenvalue weighted by Gasteiger charge is -2.65. The summed E-state index contributed by atoms with van der Waals surface area (Å²) in [4.78, 5) is 24.1. The predicted octanol–water partition coefficient (Wildman–Crippen LogP) is 4.67. The summed E-state index contributed by atoms with van der Waals surface area (Å²) in [5, 5.41) is 11.5. The van der Waals surface area contributed by atoms with Crippen LogP contribution in [0.1, 0.15) is 91.9 Å². The van der Waals surface area contributed by atoms with Gasteiger partial charge in [0.15, 0.2) is 6.61 Å². The molecule has 1 N–H and O–H groups in total. The summed E-state index contributed by atoms with van der Waals surface area (Å²) in [5.41, 5.74) is -0.866. The number of rotatable bonds is 3. The van der Waals surface area contributed by atoms with Crippen molar-refractivity contribution in [1.29, 1.82) is 0 Å². The second-order valence-electron chi connectivity index (χ2n) is 11.2. The molecule has 4 fully saturated rings. The summed E-state index contributed by atoms with van der Waals surface area (Å²) in [6.45, 7) is 8.25. The van der Waals surface area contributed by atoms with Gasteiger partial charge in [0, 0.05) is 12.3 Å². The summed E-state index contributed by atoms with van der Waals surface area (Å²) in [6, 6.07) is 0. The summed E-state index contributed by atoms with van der Waals surface area (Å²) in [6.07, 6.45) is 11.4. The van der Waals surface area contributed by atoms with Crippen LogP contribution >= 0.6 is 0 Å². The van der Waals surface area contributed by atoms with E-state index < -0.39 is 11.6 Å². The largest absolute Gasteiger partial charge is 0.458 e. The zero-order valence-corrected chi connectivity index (χ0v) is 18.2. The van der Waals surface area contributed by atoms with Crippen molar-refractivity contribution >= 4 is 11.8 Å². The number of aliphatic hydroxyl groups is 1. The van der Waals surface area contributed by atoms with E-state index in [1.54, 1.807) is 0 Å². The standard InChI is InChI=1S/C24H38O4/c1-16(25)28-15-20(26)24(27)14-9-19-17-7-12-21(2)10-5-6-11-22(21,3)18(17)8-13-23(19,24)4/h17-19,27H,5-15H2,1-4H3/t17-,18+,19-,21-,22-,23-,24+/m1/s1. The minimum absolute atomic E-state index is 0.294. The van der Waals surface area contributed by atoms with E-state index in [0.29, 0.717) is 29.1 Å². The Labute approximate surface area is 169 Å². The molecule has 4 heteroatoms. The van der Waals surface area contributed by atoms with Crippen LogP contribution in [0.2, 0.25) is 0 Å². The van der Waals surface area contributed by atoms with Crippen LogP contribution in [0.3, 0.4) is 0 Å². The van der Waals surface area contributed by atoms with E-state index in [9.17, 15) is 14.7 Å². The van der Waals surface area contributed by atoms with Crippen molar-refractivity contribution < 1.29 is 19.4 Å². The number of carbonyl (C=O) groups excluding carboxylic acids is 2. The van der Waals surface area contributed by atoms with Gasteiger partial charge in [-0.3, -0.25) is 9.59 Å². The molecule has 158 valence electrons. The van der Waals surface area contributed by atoms with Gasteiger partial charge < -0.3 is 9.84 Å². The number of ketones is 1. The van der Waals surface area contributed by atoms with Gasteiger partial charge in [0.25, 0.3) is 0 Å². The summed E-state index contributed by atoms with van der Waals surface area (Å²) in [7, 11) is 0. The molecule has 0 heterocycles. The van der Waals surface area contributed by atoms with Gasteiger partial charge in [-0.05, 0) is 80.0 Å². The van der Waals surface area contributed by atoms with E-state index in [2.05, 4.69) is 20.8 Å². The van der Waals surface area contributed by atoms with Crippen molar-refractivity contribution in [1.82, 2.24) is 0 Å². The Morgan fingerprint density at radius 1 is 0.893 bits per heavy atom. The molecule has 0 aromatic rings. The molecule has 0 aromatic carbocycles. The summed E-state index contributed by atoms with van der Waals surface area (Å²) in [5.74, 6) is 0.981. The van der Waals surface area contributed by atoms with Crippen molar-refractivity contribution in [3.63, 3.8) is 0 Å². The molecule has 0 radical (unpaired) electrons. The van der Waals surface area contributed by atoms with Crippen molar-refractivity contribution in [2.75, 3.05) is 6.61 Å². The molecule has 4 nitrogen and oxygen atoms in total. The molecule has 0 bridgehead atoms. The second kappa shape index (κ2) is 6.55. The van der Waals surface area contributed by atoms with Crippen molar-refractivity contribution in [2.24, 2.45) is 34.0 Å². The van der Waals surface area contributed by atoms with E-state index in [-0.39, 0.29) is 17.8 Å². The van der Waals surface area contributed by atoms with E-state index >= 15 is 0 Å². The normalized spacial score (nSPS) is 50.2. The maximum absolute atomic E-state index is 12.9. The molecule has 0 amide bonds. The van der Waals surface area contributed by atoms with Crippen LogP contribution in [0.15, 0.2) is 0 Å². The quantitative estimate of drug-likeness (QED) is 0.711. The summed E-state index contributed by atoms with van der Waals surface area (Å²) < 4.78 is 4.96. The molecule has 4 saturated carbocycles. The van der Waals surface area contributed by atoms with Crippen LogP contribution in [0, 0.1) is 34.0 Å². The topological polar surface area (TPSA) is 63.6 Å². The van der Waals surface area contributed by atoms with Gasteiger partial charge in [0.1, 0.15) is 5.60 Å². The Morgan fingerprint density at radius 3 is 2.25 bits per heavy atom. The Kier molecular flexibility index (Phi) is 4.77. The lowest BCUT2D eigenvalue weighted by atomic mass is 9.40. The smallest absolute Gasteiger partial charge is 0.303 e. The molecule has 0 saturated heterocycles. The fraction of sp³-hybridized carbons (Fsp3) is 0.917. The van der Waals surface area contributed by atoms with Crippen molar-refractivity contribution in [2.45, 2.75) is 97.5 Å². The number of esters is 1. The molecule has 7 atom stereocenters. The molecular weight excluding hydrogens is 352 g/mol. The third-order valence-electron chi connectivity index (χ3n) is 10.4. The van der Waals surface area contributed by atoms with Crippen LogP contribution in [0.5, 0.6) is 0 Å². The highest BCUT2D eigenvalue weighted by molar-refractivity contribution is 5.90. The predicted molar refractivity (Wildman–Crippen MR) is 108 cm³/mol. The third kappa shape index (κ3) is 2.58. The maximum atomic E-state index is 12.9. The first kappa shape index (κ1) is 20.4. The summed E-state index contributed by atoms with van der Waals surface area (Å²) >= 11 is 0. The Bertz CT molecular complexity index is 674. The highest BCUT2D eigenvalue weighted by atomic mass is 16.5. The number of Topliss-reactive ketones (excluding diaryl/α,β-unsaturated/α-hetero) is 1. The second-order valence-corrected chi connectivity index (χ2v) is 11.2. The van der Waals surface area contributed by atoms with Gasteiger partial charge in [0.2, 0.25) is 5.78 Å². The molecule has 0 aliphatic heterocycles. The Morgan fingerprint density at radius 2 is 1.54 bits per heavy atom. The van der Waals surface area contributed by atoms with Crippen LogP contribution in [-0.2, 0) is 14.3 Å². The maximum Gasteiger partial charge on any atom is 0.303 e. The fourth-order valence-corrected chi connectivity index (χ4v) is 8.37. The third-order valence-corrected chi connectivity index (χ3v) is 10.4. The van der Waals surface area contributed by atoms with E-state index in [4.69, 9.17) is 4.74 Å². The van der Waals surface area contributed by atoms with Crippen molar-refractivity contribution in [3.8, 4) is 0 Å². The average molecular weight is 391 g/mol. The Hall–Kier alpha value is -0.900. The number of fused-ring (bicyclic) bond motifs is 5. The zero-order chi connectivity index (χ0) is 20.4. The van der Waals surface area contributed by atoms with Crippen LogP contribution in [-0.4, -0.2) is 29.1 Å². The van der Waals surface area contributed by atoms with Gasteiger partial charge >= 0.3 is 5.97 Å². The van der Waals surface area contributed by atoms with E-state index in [1.807, 2.05) is 0 Å². The highest BCUT2D eigenvalue weighted by Crippen LogP contribution is 2.71. The molecule has 4 rings (SSSR count). The van der Waals surface area contributed by atoms with Gasteiger partial charge in [0.05, 0.1) is 0 Å². The Balaban J connectivity index is 1.60. The van der Waals surface area contributed by atoms with E-state index in [1.165, 1.54) is 45.4 Å². The molecule has 4 aliphatic rings. The van der Waals surface area contributed by atoms with Crippen LogP contribution < -0.4 is 0 Å². The molecule has 0 unspecified atom stereocenters. The van der Waals surface area contributed by atoms with Gasteiger partial charge in [-0.15, -0.1) is 0 Å². The minimum atomic E-state index is -1.34. The molecule has 0 aromatic heterocycles. The average Bonchev–Trinajstić information content (AvgIpc) is 2.92. The van der Waals surface area contributed by atoms with Crippen LogP contribution in [0.4, 0.5) is 0 Å². The lowest BCUT2D eigenvalue weighted by Crippen LogP contribution is -2.60. The SMILES string of the molecule is CC(=O)OCC(=O)[C@@]1(O)CC[C@@H]2[C@@H]3CC[C@@]4(C)CCCC[C@]4(C)[C@H]3CC[C@]21C. The number of ether oxygens (including phenoxy) is 1. The van der Waals surface area contributed by atoms with E-state index in [0.717, 1.165) is 25.2 Å². The highest BCUT2D eigenvalue weighted by Gasteiger charge is 2.67. The van der Waals surface area contributed by atoms with Gasteiger partial charge in [-0.25, -0.2) is 0 Å². The molecule has 0 spiro atoms. The first-order valence-corrected chi connectivity index (χ1v) is 11.5. The molecule has 4 aliphatic carbocycles. The lowest BCUT2D eigenvalue weighted by molar-refractivity contribution is -0.184. The molecule has 28 heavy (non-hydrogen) atoms. The minimum Gasteiger partial charge on any atom is -0.458 e.